The summed E-state index contributed by atoms with van der Waals surface area (Å²) in [6.07, 6.45) is 9.16. The Kier molecular flexibility index (Phi) is 10.2. The highest BCUT2D eigenvalue weighted by Crippen LogP contribution is 2.16. The summed E-state index contributed by atoms with van der Waals surface area (Å²) in [5.74, 6) is 1.14. The Morgan fingerprint density at radius 2 is 1.25 bits per heavy atom. The van der Waals surface area contributed by atoms with Gasteiger partial charge in [0, 0.05) is 26.9 Å². The molecule has 0 aliphatic rings. The minimum absolute atomic E-state index is 0.0246. The van der Waals surface area contributed by atoms with Gasteiger partial charge in [0.05, 0.1) is 0 Å². The van der Waals surface area contributed by atoms with E-state index in [1.54, 1.807) is 23.0 Å². The second kappa shape index (κ2) is 12.9. The fourth-order valence-electron chi connectivity index (χ4n) is 3.76. The molecule has 0 radical (unpaired) electrons. The van der Waals surface area contributed by atoms with E-state index in [1.807, 2.05) is 0 Å². The first kappa shape index (κ1) is 25.4. The van der Waals surface area contributed by atoms with Crippen LogP contribution in [0.1, 0.15) is 50.2 Å². The number of aromatic nitrogens is 4. The quantitative estimate of drug-likeness (QED) is 0.233. The molecule has 12 heteroatoms. The maximum Gasteiger partial charge on any atom is 0.342 e. The smallest absolute Gasteiger partial charge is 0.342 e. The number of imidazole rings is 2. The van der Waals surface area contributed by atoms with Gasteiger partial charge in [-0.2, -0.15) is 0 Å². The number of unbranched alkanes of at least 4 members (excludes halogenated alkanes) is 5. The molecule has 32 heavy (non-hydrogen) atoms. The summed E-state index contributed by atoms with van der Waals surface area (Å²) in [6, 6.07) is 0. The molecule has 0 bridgehead atoms. The molecule has 0 saturated heterocycles. The molecule has 0 unspecified atom stereocenters. The van der Waals surface area contributed by atoms with Crippen LogP contribution in [0.4, 0.5) is 11.6 Å². The second-order valence-corrected chi connectivity index (χ2v) is 7.90. The molecule has 2 aromatic rings. The molecule has 0 aromatic carbocycles. The van der Waals surface area contributed by atoms with Crippen LogP contribution >= 0.6 is 0 Å². The molecule has 0 amide bonds. The van der Waals surface area contributed by atoms with Crippen LogP contribution in [-0.2, 0) is 13.1 Å². The molecule has 2 heterocycles. The highest BCUT2D eigenvalue weighted by atomic mass is 16.6. The van der Waals surface area contributed by atoms with Gasteiger partial charge >= 0.3 is 11.6 Å². The average molecular weight is 451 g/mol. The minimum Gasteiger partial charge on any atom is -0.358 e. The predicted octanol–water partition coefficient (Wildman–Crippen LogP) is 2.81. The fraction of sp³-hybridized carbons (Fsp3) is 0.700. The minimum atomic E-state index is -0.427. The zero-order chi connectivity index (χ0) is 23.5. The van der Waals surface area contributed by atoms with E-state index >= 15 is 0 Å². The molecule has 0 saturated carbocycles. The van der Waals surface area contributed by atoms with Gasteiger partial charge in [0.1, 0.15) is 25.5 Å². The molecule has 2 rings (SSSR count). The third kappa shape index (κ3) is 7.38. The summed E-state index contributed by atoms with van der Waals surface area (Å²) in [5, 5.41) is 22.5. The van der Waals surface area contributed by atoms with Gasteiger partial charge in [-0.25, -0.2) is 19.1 Å². The van der Waals surface area contributed by atoms with Crippen molar-refractivity contribution in [1.29, 1.82) is 0 Å². The van der Waals surface area contributed by atoms with Crippen molar-refractivity contribution >= 4 is 11.6 Å². The second-order valence-electron chi connectivity index (χ2n) is 7.90. The van der Waals surface area contributed by atoms with Crippen molar-refractivity contribution in [1.82, 2.24) is 24.0 Å². The molecule has 0 spiro atoms. The van der Waals surface area contributed by atoms with Crippen LogP contribution in [0.5, 0.6) is 0 Å². The van der Waals surface area contributed by atoms with Gasteiger partial charge in [-0.15, -0.1) is 0 Å². The van der Waals surface area contributed by atoms with Crippen molar-refractivity contribution in [3.63, 3.8) is 0 Å². The predicted molar refractivity (Wildman–Crippen MR) is 120 cm³/mol. The number of aryl methyl sites for hydroxylation is 2. The third-order valence-electron chi connectivity index (χ3n) is 5.65. The lowest BCUT2D eigenvalue weighted by molar-refractivity contribution is -0.392. The Morgan fingerprint density at radius 1 is 0.812 bits per heavy atom. The van der Waals surface area contributed by atoms with Crippen LogP contribution in [0.25, 0.3) is 0 Å². The van der Waals surface area contributed by atoms with Crippen molar-refractivity contribution in [3.8, 4) is 0 Å². The maximum atomic E-state index is 11.3. The van der Waals surface area contributed by atoms with Gasteiger partial charge in [-0.3, -0.25) is 4.90 Å². The molecular formula is C20H34N8O4. The van der Waals surface area contributed by atoms with Gasteiger partial charge in [0.15, 0.2) is 11.6 Å². The first-order valence-electron chi connectivity index (χ1n) is 11.1. The molecule has 178 valence electrons. The molecule has 0 aliphatic carbocycles. The number of rotatable bonds is 16. The van der Waals surface area contributed by atoms with Gasteiger partial charge in [-0.1, -0.05) is 25.7 Å². The summed E-state index contributed by atoms with van der Waals surface area (Å²) in [4.78, 5) is 32.0. The Balaban J connectivity index is 1.98. The van der Waals surface area contributed by atoms with E-state index in [0.717, 1.165) is 51.6 Å². The number of hydrogen-bond acceptors (Lipinski definition) is 8. The zero-order valence-corrected chi connectivity index (χ0v) is 19.0. The van der Waals surface area contributed by atoms with Crippen LogP contribution in [0.3, 0.4) is 0 Å². The van der Waals surface area contributed by atoms with Gasteiger partial charge in [0.25, 0.3) is 0 Å². The molecule has 0 fully saturated rings. The number of hydrogen-bond donors (Lipinski definition) is 1. The number of nitrogens with zero attached hydrogens (tertiary/aromatic N) is 7. The molecule has 12 nitrogen and oxygen atoms in total. The van der Waals surface area contributed by atoms with Crippen molar-refractivity contribution in [2.24, 2.45) is 5.73 Å². The maximum absolute atomic E-state index is 11.3. The van der Waals surface area contributed by atoms with E-state index in [9.17, 15) is 20.2 Å². The average Bonchev–Trinajstić information content (AvgIpc) is 3.31. The summed E-state index contributed by atoms with van der Waals surface area (Å²) < 4.78 is 3.20. The van der Waals surface area contributed by atoms with Crippen molar-refractivity contribution < 1.29 is 9.85 Å². The highest BCUT2D eigenvalue weighted by Gasteiger charge is 2.21. The lowest BCUT2D eigenvalue weighted by atomic mass is 10.1. The highest BCUT2D eigenvalue weighted by molar-refractivity contribution is 5.19. The summed E-state index contributed by atoms with van der Waals surface area (Å²) in [5.41, 5.74) is 5.53. The van der Waals surface area contributed by atoms with Crippen molar-refractivity contribution in [2.75, 3.05) is 26.2 Å². The molecule has 0 aliphatic heterocycles. The van der Waals surface area contributed by atoms with Crippen molar-refractivity contribution in [3.05, 3.63) is 44.3 Å². The fourth-order valence-corrected chi connectivity index (χ4v) is 3.76. The molecule has 2 aromatic heterocycles. The van der Waals surface area contributed by atoms with E-state index in [1.165, 1.54) is 12.4 Å². The zero-order valence-electron chi connectivity index (χ0n) is 19.0. The third-order valence-corrected chi connectivity index (χ3v) is 5.65. The standard InChI is InChI=1S/C20H34N8O4/c1-17-22-15-19(27(29)30)25(17)13-11-24(10-8-6-4-3-5-7-9-21)12-14-26-18(2)23-16-20(26)28(31)32/h15-16H,3-14,21H2,1-2H3. The topological polar surface area (TPSA) is 151 Å². The first-order valence-corrected chi connectivity index (χ1v) is 11.1. The van der Waals surface area contributed by atoms with Crippen LogP contribution < -0.4 is 5.73 Å². The van der Waals surface area contributed by atoms with Crippen LogP contribution in [0.15, 0.2) is 12.4 Å². The van der Waals surface area contributed by atoms with E-state index in [0.29, 0.717) is 37.8 Å². The lowest BCUT2D eigenvalue weighted by Crippen LogP contribution is -2.32. The normalized spacial score (nSPS) is 11.4. The number of nitrogens with two attached hydrogens (primary N) is 1. The Hall–Kier alpha value is -2.86. The first-order chi connectivity index (χ1) is 15.3. The van der Waals surface area contributed by atoms with E-state index in [-0.39, 0.29) is 11.6 Å². The molecular weight excluding hydrogens is 416 g/mol. The van der Waals surface area contributed by atoms with E-state index in [4.69, 9.17) is 5.73 Å². The van der Waals surface area contributed by atoms with Gasteiger partial charge in [-0.05, 0) is 35.8 Å². The van der Waals surface area contributed by atoms with Crippen LogP contribution in [-0.4, -0.2) is 60.0 Å². The molecule has 0 atom stereocenters. The summed E-state index contributed by atoms with van der Waals surface area (Å²) in [6.45, 7) is 7.09. The van der Waals surface area contributed by atoms with E-state index < -0.39 is 9.85 Å². The number of nitro groups is 2. The molecule has 2 N–H and O–H groups in total. The Bertz CT molecular complexity index is 817. The SMILES string of the molecule is Cc1ncc([N+](=O)[O-])n1CCN(CCCCCCCCN)CCn1c([N+](=O)[O-])cnc1C. The largest absolute Gasteiger partial charge is 0.358 e. The summed E-state index contributed by atoms with van der Waals surface area (Å²) >= 11 is 0. The van der Waals surface area contributed by atoms with Gasteiger partial charge < -0.3 is 26.0 Å². The van der Waals surface area contributed by atoms with Gasteiger partial charge in [0.2, 0.25) is 0 Å². The van der Waals surface area contributed by atoms with Crippen LogP contribution in [0.2, 0.25) is 0 Å². The van der Waals surface area contributed by atoms with E-state index in [2.05, 4.69) is 14.9 Å². The van der Waals surface area contributed by atoms with Crippen LogP contribution in [0, 0.1) is 34.1 Å². The van der Waals surface area contributed by atoms with Crippen molar-refractivity contribution in [2.45, 2.75) is 65.5 Å². The Labute approximate surface area is 187 Å². The summed E-state index contributed by atoms with van der Waals surface area (Å²) in [7, 11) is 0. The monoisotopic (exact) mass is 450 g/mol. The Morgan fingerprint density at radius 3 is 1.69 bits per heavy atom. The lowest BCUT2D eigenvalue weighted by Gasteiger charge is -2.21.